The highest BCUT2D eigenvalue weighted by Gasteiger charge is 2.09. The number of thiol groups is 1. The highest BCUT2D eigenvalue weighted by Crippen LogP contribution is 2.13. The van der Waals surface area contributed by atoms with Crippen molar-refractivity contribution in [2.75, 3.05) is 5.75 Å². The highest BCUT2D eigenvalue weighted by atomic mass is 32.1. The van der Waals surface area contributed by atoms with Crippen LogP contribution in [-0.2, 0) is 23.8 Å². The van der Waals surface area contributed by atoms with Crippen LogP contribution in [0.15, 0.2) is 66.1 Å². The first-order valence-corrected chi connectivity index (χ1v) is 11.6. The molecule has 2 rings (SSSR count). The second-order valence-electron chi connectivity index (χ2n) is 5.87. The predicted octanol–water partition coefficient (Wildman–Crippen LogP) is 6.32. The molecule has 1 aliphatic carbocycles. The zero-order valence-corrected chi connectivity index (χ0v) is 21.8. The molecule has 0 fully saturated rings. The number of hydrogen-bond acceptors (Lipinski definition) is 7. The fourth-order valence-corrected chi connectivity index (χ4v) is 2.09. The number of ether oxygens (including phenoxy) is 4. The quantitative estimate of drug-likeness (QED) is 0.214. The van der Waals surface area contributed by atoms with Crippen molar-refractivity contribution in [2.45, 2.75) is 68.0 Å². The van der Waals surface area contributed by atoms with Gasteiger partial charge in [-0.2, -0.15) is 12.6 Å². The highest BCUT2D eigenvalue weighted by molar-refractivity contribution is 7.81. The first kappa shape index (κ1) is 32.3. The maximum Gasteiger partial charge on any atom is 0.318 e. The number of carbonyl (C=O) groups excluding carboxylic acids is 2. The van der Waals surface area contributed by atoms with Gasteiger partial charge >= 0.3 is 11.9 Å². The van der Waals surface area contributed by atoms with E-state index in [1.165, 1.54) is 6.92 Å². The second kappa shape index (κ2) is 21.0. The summed E-state index contributed by atoms with van der Waals surface area (Å²) in [5, 5.41) is 0. The molecular weight excluding hydrogens is 440 g/mol. The Bertz CT molecular complexity index is 790. The average molecular weight is 479 g/mol. The normalized spacial score (nSPS) is 12.5. The molecular formula is C26H38O6S. The minimum absolute atomic E-state index is 0.0440. The molecule has 1 aromatic carbocycles. The van der Waals surface area contributed by atoms with Crippen molar-refractivity contribution >= 4 is 24.6 Å². The van der Waals surface area contributed by atoms with Gasteiger partial charge in [-0.1, -0.05) is 57.5 Å². The topological polar surface area (TPSA) is 71.1 Å². The van der Waals surface area contributed by atoms with E-state index in [2.05, 4.69) is 18.4 Å². The van der Waals surface area contributed by atoms with Crippen LogP contribution < -0.4 is 4.74 Å². The lowest BCUT2D eigenvalue weighted by Gasteiger charge is -2.14. The van der Waals surface area contributed by atoms with E-state index in [-0.39, 0.29) is 11.7 Å². The molecule has 0 N–H and O–H groups in total. The van der Waals surface area contributed by atoms with Crippen LogP contribution in [0, 0.1) is 6.92 Å². The molecule has 0 saturated carbocycles. The molecule has 0 aliphatic heterocycles. The maximum atomic E-state index is 10.9. The van der Waals surface area contributed by atoms with Gasteiger partial charge in [0, 0.05) is 26.8 Å². The van der Waals surface area contributed by atoms with Gasteiger partial charge < -0.3 is 18.9 Å². The summed E-state index contributed by atoms with van der Waals surface area (Å²) >= 11 is 3.79. The first-order chi connectivity index (χ1) is 15.8. The number of carbonyl (C=O) groups is 2. The van der Waals surface area contributed by atoms with Crippen LogP contribution in [0.25, 0.3) is 0 Å². The summed E-state index contributed by atoms with van der Waals surface area (Å²) in [7, 11) is 0. The summed E-state index contributed by atoms with van der Waals surface area (Å²) in [5.41, 5.74) is 4.05. The lowest BCUT2D eigenvalue weighted by atomic mass is 10.2. The van der Waals surface area contributed by atoms with E-state index < -0.39 is 18.5 Å². The van der Waals surface area contributed by atoms with Crippen molar-refractivity contribution in [2.24, 2.45) is 0 Å². The second-order valence-corrected chi connectivity index (χ2v) is 6.19. The molecule has 0 spiro atoms. The van der Waals surface area contributed by atoms with E-state index >= 15 is 0 Å². The lowest BCUT2D eigenvalue weighted by Crippen LogP contribution is -2.18. The molecule has 33 heavy (non-hydrogen) atoms. The summed E-state index contributed by atoms with van der Waals surface area (Å²) in [4.78, 5) is 21.5. The van der Waals surface area contributed by atoms with Gasteiger partial charge in [0.05, 0.1) is 5.75 Å². The molecule has 6 nitrogen and oxygen atoms in total. The molecule has 2 unspecified atom stereocenters. The molecule has 2 atom stereocenters. The van der Waals surface area contributed by atoms with Crippen molar-refractivity contribution < 1.29 is 28.5 Å². The fraction of sp³-hybridized carbons (Fsp3) is 0.423. The molecule has 0 aromatic heterocycles. The van der Waals surface area contributed by atoms with Gasteiger partial charge in [0.25, 0.3) is 0 Å². The number of rotatable bonds is 7. The number of allylic oxidation sites excluding steroid dienone is 4. The third-order valence-corrected chi connectivity index (χ3v) is 3.43. The summed E-state index contributed by atoms with van der Waals surface area (Å²) in [6.07, 6.45) is 7.68. The Morgan fingerprint density at radius 3 is 2.06 bits per heavy atom. The monoisotopic (exact) mass is 478 g/mol. The van der Waals surface area contributed by atoms with Crippen LogP contribution in [0.1, 0.15) is 54.0 Å². The Balaban J connectivity index is 0. The van der Waals surface area contributed by atoms with Crippen molar-refractivity contribution in [1.82, 2.24) is 0 Å². The Morgan fingerprint density at radius 1 is 0.939 bits per heavy atom. The Kier molecular flexibility index (Phi) is 20.5. The van der Waals surface area contributed by atoms with Crippen molar-refractivity contribution in [3.8, 4) is 5.75 Å². The van der Waals surface area contributed by atoms with E-state index in [0.29, 0.717) is 11.5 Å². The van der Waals surface area contributed by atoms with Crippen LogP contribution in [0.5, 0.6) is 5.75 Å². The zero-order chi connectivity index (χ0) is 25.6. The number of esters is 2. The molecule has 1 aliphatic rings. The average Bonchev–Trinajstić information content (AvgIpc) is 3.06. The van der Waals surface area contributed by atoms with Gasteiger partial charge in [0.2, 0.25) is 12.6 Å². The first-order valence-electron chi connectivity index (χ1n) is 11.0. The summed E-state index contributed by atoms with van der Waals surface area (Å²) in [6.45, 7) is 14.7. The van der Waals surface area contributed by atoms with Gasteiger partial charge in [-0.05, 0) is 31.2 Å². The van der Waals surface area contributed by atoms with E-state index in [1.54, 1.807) is 32.1 Å². The Labute approximate surface area is 204 Å². The molecule has 7 heteroatoms. The van der Waals surface area contributed by atoms with Crippen molar-refractivity contribution in [3.05, 3.63) is 71.7 Å². The molecule has 0 radical (unpaired) electrons. The van der Waals surface area contributed by atoms with E-state index in [1.807, 2.05) is 71.0 Å². The number of aryl methyl sites for hydroxylation is 1. The van der Waals surface area contributed by atoms with Crippen LogP contribution in [-0.4, -0.2) is 30.3 Å². The Morgan fingerprint density at radius 2 is 1.52 bits per heavy atom. The summed E-state index contributed by atoms with van der Waals surface area (Å²) in [6, 6.07) is 7.57. The van der Waals surface area contributed by atoms with Crippen LogP contribution in [0.3, 0.4) is 0 Å². The molecule has 0 bridgehead atoms. The summed E-state index contributed by atoms with van der Waals surface area (Å²) < 4.78 is 20.4. The van der Waals surface area contributed by atoms with E-state index in [0.717, 1.165) is 5.56 Å². The van der Waals surface area contributed by atoms with Gasteiger partial charge in [-0.25, -0.2) is 0 Å². The van der Waals surface area contributed by atoms with Crippen molar-refractivity contribution in [1.29, 1.82) is 0 Å². The van der Waals surface area contributed by atoms with Crippen LogP contribution >= 0.6 is 12.6 Å². The van der Waals surface area contributed by atoms with Gasteiger partial charge in [-0.15, -0.1) is 5.73 Å². The molecule has 184 valence electrons. The summed E-state index contributed by atoms with van der Waals surface area (Å²) in [5.74, 6) is 0.589. The fourth-order valence-electron chi connectivity index (χ4n) is 2.02. The molecule has 1 aromatic rings. The van der Waals surface area contributed by atoms with Crippen LogP contribution in [0.4, 0.5) is 0 Å². The standard InChI is InChI=1S/C11H12O3S.C11H14O3.2C2H6/c1-9(14-11(12)8-15)13-10-6-4-2-3-5-7-10;1-8-4-6-11(7-5-8)14-10(3)13-9(2)12;2*1-2/h2-4,6-7,9,15H,8H2,1H3;4-7,10H,1-3H3;2*1-2H3. The van der Waals surface area contributed by atoms with Gasteiger partial charge in [0.15, 0.2) is 0 Å². The minimum atomic E-state index is -0.625. The Hall–Kier alpha value is -2.89. The third-order valence-electron chi connectivity index (χ3n) is 3.17. The zero-order valence-electron chi connectivity index (χ0n) is 21.0. The van der Waals surface area contributed by atoms with Crippen molar-refractivity contribution in [3.63, 3.8) is 0 Å². The largest absolute Gasteiger partial charge is 0.455 e. The van der Waals surface area contributed by atoms with Gasteiger partial charge in [-0.3, -0.25) is 9.59 Å². The van der Waals surface area contributed by atoms with E-state index in [9.17, 15) is 9.59 Å². The SMILES string of the molecule is CC.CC.CC(=O)OC(C)Oc1ccc(C)cc1.CC(OC(=O)CS)OC1=CC=CC=C=C1. The molecule has 0 amide bonds. The van der Waals surface area contributed by atoms with Crippen LogP contribution in [0.2, 0.25) is 0 Å². The molecule has 0 heterocycles. The number of hydrogen-bond donors (Lipinski definition) is 1. The minimum Gasteiger partial charge on any atom is -0.455 e. The van der Waals surface area contributed by atoms with E-state index in [4.69, 9.17) is 18.9 Å². The molecule has 0 saturated heterocycles. The smallest absolute Gasteiger partial charge is 0.318 e. The van der Waals surface area contributed by atoms with Gasteiger partial charge in [0.1, 0.15) is 11.5 Å². The lowest BCUT2D eigenvalue weighted by molar-refractivity contribution is -0.164. The third kappa shape index (κ3) is 18.4. The predicted molar refractivity (Wildman–Crippen MR) is 136 cm³/mol. The maximum absolute atomic E-state index is 10.9. The number of benzene rings is 1.